The highest BCUT2D eigenvalue weighted by Crippen LogP contribution is 2.29. The molecule has 1 atom stereocenters. The van der Waals surface area contributed by atoms with Crippen molar-refractivity contribution >= 4 is 21.6 Å². The summed E-state index contributed by atoms with van der Waals surface area (Å²) in [6.07, 6.45) is -0.701. The molecule has 0 aliphatic carbocycles. The minimum atomic E-state index is -0.701. The van der Waals surface area contributed by atoms with E-state index < -0.39 is 6.10 Å². The number of nitrogens with zero attached hydrogens (tertiary/aromatic N) is 1. The van der Waals surface area contributed by atoms with Crippen LogP contribution in [0.2, 0.25) is 0 Å². The molecule has 0 heterocycles. The Morgan fingerprint density at radius 3 is 2.45 bits per heavy atom. The minimum Gasteiger partial charge on any atom is -0.389 e. The van der Waals surface area contributed by atoms with Gasteiger partial charge < -0.3 is 10.0 Å². The van der Waals surface area contributed by atoms with E-state index in [0.717, 1.165) is 10.0 Å². The van der Waals surface area contributed by atoms with Crippen molar-refractivity contribution in [3.8, 4) is 0 Å². The first-order valence-corrected chi connectivity index (χ1v) is 7.20. The lowest BCUT2D eigenvalue weighted by atomic mass is 10.1. The molecule has 0 saturated carbocycles. The Balaban J connectivity index is 2.29. The second-order valence-corrected chi connectivity index (χ2v) is 5.75. The van der Waals surface area contributed by atoms with Crippen molar-refractivity contribution in [2.24, 2.45) is 0 Å². The zero-order valence-corrected chi connectivity index (χ0v) is 13.1. The van der Waals surface area contributed by atoms with Crippen LogP contribution in [0.4, 0.5) is 10.1 Å². The van der Waals surface area contributed by atoms with E-state index in [-0.39, 0.29) is 5.82 Å². The lowest BCUT2D eigenvalue weighted by Crippen LogP contribution is -2.20. The van der Waals surface area contributed by atoms with E-state index in [4.69, 9.17) is 0 Å². The van der Waals surface area contributed by atoms with Crippen molar-refractivity contribution in [2.45, 2.75) is 19.6 Å². The first-order chi connectivity index (χ1) is 9.49. The van der Waals surface area contributed by atoms with Gasteiger partial charge in [0.1, 0.15) is 5.82 Å². The van der Waals surface area contributed by atoms with Gasteiger partial charge in [-0.1, -0.05) is 40.2 Å². The Morgan fingerprint density at radius 2 is 1.85 bits per heavy atom. The van der Waals surface area contributed by atoms with Crippen LogP contribution in [0.1, 0.15) is 24.2 Å². The number of aliphatic hydroxyl groups is 1. The van der Waals surface area contributed by atoms with Gasteiger partial charge in [-0.25, -0.2) is 4.39 Å². The molecule has 0 bridgehead atoms. The van der Waals surface area contributed by atoms with E-state index in [1.807, 2.05) is 36.2 Å². The highest BCUT2D eigenvalue weighted by Gasteiger charge is 2.16. The molecule has 106 valence electrons. The number of para-hydroxylation sites is 1. The molecule has 0 aliphatic rings. The van der Waals surface area contributed by atoms with E-state index in [1.54, 1.807) is 19.1 Å². The Kier molecular flexibility index (Phi) is 4.78. The maximum atomic E-state index is 14.1. The number of halogens is 2. The molecule has 0 radical (unpaired) electrons. The molecular weight excluding hydrogens is 321 g/mol. The first kappa shape index (κ1) is 15.0. The normalized spacial score (nSPS) is 12.2. The van der Waals surface area contributed by atoms with Crippen molar-refractivity contribution in [1.29, 1.82) is 0 Å². The van der Waals surface area contributed by atoms with Crippen molar-refractivity contribution < 1.29 is 9.50 Å². The number of hydrogen-bond donors (Lipinski definition) is 1. The fourth-order valence-corrected chi connectivity index (χ4v) is 2.48. The van der Waals surface area contributed by atoms with Crippen LogP contribution >= 0.6 is 15.9 Å². The fourth-order valence-electron chi connectivity index (χ4n) is 2.21. The smallest absolute Gasteiger partial charge is 0.146 e. The third-order valence-corrected chi connectivity index (χ3v) is 3.71. The predicted octanol–water partition coefficient (Wildman–Crippen LogP) is 4.28. The standard InChI is InChI=1S/C16H17BrFNO/c1-11(20)14-4-3-5-15(18)16(14)19(2)10-12-6-8-13(17)9-7-12/h3-9,11,20H,10H2,1-2H3/t11-/m1/s1. The van der Waals surface area contributed by atoms with Gasteiger partial charge in [0.2, 0.25) is 0 Å². The van der Waals surface area contributed by atoms with Crippen LogP contribution in [-0.2, 0) is 6.54 Å². The maximum absolute atomic E-state index is 14.1. The van der Waals surface area contributed by atoms with Gasteiger partial charge in [0.05, 0.1) is 11.8 Å². The molecule has 2 nitrogen and oxygen atoms in total. The van der Waals surface area contributed by atoms with Gasteiger partial charge in [-0.05, 0) is 30.7 Å². The second kappa shape index (κ2) is 6.37. The summed E-state index contributed by atoms with van der Waals surface area (Å²) in [4.78, 5) is 1.82. The molecule has 0 aromatic heterocycles. The van der Waals surface area contributed by atoms with Gasteiger partial charge in [-0.15, -0.1) is 0 Å². The van der Waals surface area contributed by atoms with E-state index >= 15 is 0 Å². The number of benzene rings is 2. The molecule has 2 aromatic carbocycles. The fraction of sp³-hybridized carbons (Fsp3) is 0.250. The highest BCUT2D eigenvalue weighted by atomic mass is 79.9. The van der Waals surface area contributed by atoms with Crippen LogP contribution in [0, 0.1) is 5.82 Å². The van der Waals surface area contributed by atoms with E-state index in [0.29, 0.717) is 17.8 Å². The average molecular weight is 338 g/mol. The van der Waals surface area contributed by atoms with Crippen molar-refractivity contribution in [3.05, 3.63) is 63.9 Å². The van der Waals surface area contributed by atoms with Gasteiger partial charge in [-0.2, -0.15) is 0 Å². The van der Waals surface area contributed by atoms with Gasteiger partial charge >= 0.3 is 0 Å². The van der Waals surface area contributed by atoms with Gasteiger partial charge in [0.25, 0.3) is 0 Å². The third kappa shape index (κ3) is 3.38. The summed E-state index contributed by atoms with van der Waals surface area (Å²) < 4.78 is 15.1. The summed E-state index contributed by atoms with van der Waals surface area (Å²) >= 11 is 3.39. The van der Waals surface area contributed by atoms with Crippen LogP contribution in [0.15, 0.2) is 46.9 Å². The molecule has 2 rings (SSSR count). The van der Waals surface area contributed by atoms with Crippen molar-refractivity contribution in [3.63, 3.8) is 0 Å². The molecule has 0 aliphatic heterocycles. The monoisotopic (exact) mass is 337 g/mol. The van der Waals surface area contributed by atoms with Gasteiger partial charge in [0.15, 0.2) is 0 Å². The summed E-state index contributed by atoms with van der Waals surface area (Å²) in [6.45, 7) is 2.22. The maximum Gasteiger partial charge on any atom is 0.146 e. The van der Waals surface area contributed by atoms with E-state index in [2.05, 4.69) is 15.9 Å². The molecule has 1 N–H and O–H groups in total. The number of anilines is 1. The lowest BCUT2D eigenvalue weighted by Gasteiger charge is -2.24. The molecule has 4 heteroatoms. The number of aliphatic hydroxyl groups excluding tert-OH is 1. The van der Waals surface area contributed by atoms with Crippen molar-refractivity contribution in [1.82, 2.24) is 0 Å². The summed E-state index contributed by atoms with van der Waals surface area (Å²) in [5, 5.41) is 9.78. The second-order valence-electron chi connectivity index (χ2n) is 4.84. The molecule has 20 heavy (non-hydrogen) atoms. The largest absolute Gasteiger partial charge is 0.389 e. The van der Waals surface area contributed by atoms with Crippen LogP contribution in [-0.4, -0.2) is 12.2 Å². The summed E-state index contributed by atoms with van der Waals surface area (Å²) in [5.41, 5.74) is 2.13. The molecule has 0 unspecified atom stereocenters. The number of rotatable bonds is 4. The molecule has 0 fully saturated rings. The van der Waals surface area contributed by atoms with Crippen molar-refractivity contribution in [2.75, 3.05) is 11.9 Å². The van der Waals surface area contributed by atoms with Gasteiger partial charge in [-0.3, -0.25) is 0 Å². The molecule has 0 saturated heterocycles. The lowest BCUT2D eigenvalue weighted by molar-refractivity contribution is 0.199. The quantitative estimate of drug-likeness (QED) is 0.900. The first-order valence-electron chi connectivity index (χ1n) is 6.41. The summed E-state index contributed by atoms with van der Waals surface area (Å²) in [6, 6.07) is 12.7. The molecule has 0 amide bonds. The Morgan fingerprint density at radius 1 is 1.20 bits per heavy atom. The van der Waals surface area contributed by atoms with Crippen LogP contribution < -0.4 is 4.90 Å². The zero-order valence-electron chi connectivity index (χ0n) is 11.5. The van der Waals surface area contributed by atoms with E-state index in [1.165, 1.54) is 6.07 Å². The third-order valence-electron chi connectivity index (χ3n) is 3.18. The Hall–Kier alpha value is -1.39. The number of hydrogen-bond acceptors (Lipinski definition) is 2. The minimum absolute atomic E-state index is 0.317. The van der Waals surface area contributed by atoms with Gasteiger partial charge in [0, 0.05) is 23.6 Å². The van der Waals surface area contributed by atoms with Crippen LogP contribution in [0.5, 0.6) is 0 Å². The topological polar surface area (TPSA) is 23.5 Å². The summed E-state index contributed by atoms with van der Waals surface area (Å²) in [5.74, 6) is -0.317. The Labute approximate surface area is 127 Å². The summed E-state index contributed by atoms with van der Waals surface area (Å²) in [7, 11) is 1.83. The molecular formula is C16H17BrFNO. The van der Waals surface area contributed by atoms with E-state index in [9.17, 15) is 9.50 Å². The zero-order chi connectivity index (χ0) is 14.7. The Bertz CT molecular complexity index is 584. The highest BCUT2D eigenvalue weighted by molar-refractivity contribution is 9.10. The molecule has 0 spiro atoms. The average Bonchev–Trinajstić information content (AvgIpc) is 2.40. The van der Waals surface area contributed by atoms with Crippen LogP contribution in [0.3, 0.4) is 0 Å². The molecule has 2 aromatic rings. The predicted molar refractivity (Wildman–Crippen MR) is 83.3 cm³/mol. The SMILES string of the molecule is C[C@@H](O)c1cccc(F)c1N(C)Cc1ccc(Br)cc1. The van der Waals surface area contributed by atoms with Crippen LogP contribution in [0.25, 0.3) is 0 Å².